The Bertz CT molecular complexity index is 643. The summed E-state index contributed by atoms with van der Waals surface area (Å²) in [5.74, 6) is -0.428. The fraction of sp³-hybridized carbons (Fsp3) is 0.533. The van der Waals surface area contributed by atoms with Gasteiger partial charge in [-0.2, -0.15) is 0 Å². The summed E-state index contributed by atoms with van der Waals surface area (Å²) in [5.41, 5.74) is 7.11. The zero-order valence-corrected chi connectivity index (χ0v) is 14.2. The molecule has 2 atom stereocenters. The van der Waals surface area contributed by atoms with Gasteiger partial charge >= 0.3 is 0 Å². The zero-order valence-electron chi connectivity index (χ0n) is 13.4. The van der Waals surface area contributed by atoms with Crippen molar-refractivity contribution in [3.05, 3.63) is 29.8 Å². The Morgan fingerprint density at radius 3 is 2.57 bits per heavy atom. The lowest BCUT2D eigenvalue weighted by Gasteiger charge is -2.21. The number of benzene rings is 1. The molecular formula is C15H23N3O4S. The molecule has 0 bridgehead atoms. The predicted molar refractivity (Wildman–Crippen MR) is 88.3 cm³/mol. The molecule has 0 unspecified atom stereocenters. The van der Waals surface area contributed by atoms with Gasteiger partial charge in [-0.15, -0.1) is 0 Å². The van der Waals surface area contributed by atoms with Crippen molar-refractivity contribution in [2.24, 2.45) is 5.92 Å². The number of nitrogens with zero attached hydrogens (tertiary/aromatic N) is 1. The summed E-state index contributed by atoms with van der Waals surface area (Å²) in [7, 11) is -0.326. The molecule has 7 nitrogen and oxygen atoms in total. The van der Waals surface area contributed by atoms with E-state index in [0.29, 0.717) is 18.9 Å². The number of nitrogens with two attached hydrogens (primary N) is 1. The van der Waals surface area contributed by atoms with E-state index in [2.05, 4.69) is 5.32 Å². The number of hydrogen-bond donors (Lipinski definition) is 2. The van der Waals surface area contributed by atoms with Crippen molar-refractivity contribution in [3.8, 4) is 0 Å². The first-order valence-corrected chi connectivity index (χ1v) is 9.00. The Balaban J connectivity index is 1.93. The number of amides is 1. The maximum atomic E-state index is 12.1. The predicted octanol–water partition coefficient (Wildman–Crippen LogP) is -0.166. The maximum absolute atomic E-state index is 12.1. The molecule has 0 saturated carbocycles. The number of carbonyl (C=O) groups is 1. The van der Waals surface area contributed by atoms with Crippen LogP contribution in [0.15, 0.2) is 24.3 Å². The highest BCUT2D eigenvalue weighted by Gasteiger charge is 2.34. The SMILES string of the molecule is CN(C)S(=O)(=O)C[C@@H]1COC[C@H]1NC(=O)Cc1ccc(N)cc1. The van der Waals surface area contributed by atoms with Crippen molar-refractivity contribution in [3.63, 3.8) is 0 Å². The summed E-state index contributed by atoms with van der Waals surface area (Å²) in [6.45, 7) is 0.668. The van der Waals surface area contributed by atoms with E-state index in [9.17, 15) is 13.2 Å². The lowest BCUT2D eigenvalue weighted by atomic mass is 10.1. The van der Waals surface area contributed by atoms with E-state index in [0.717, 1.165) is 5.56 Å². The first kappa shape index (κ1) is 17.7. The van der Waals surface area contributed by atoms with Gasteiger partial charge in [-0.1, -0.05) is 12.1 Å². The van der Waals surface area contributed by atoms with Crippen molar-refractivity contribution in [1.82, 2.24) is 9.62 Å². The molecule has 2 rings (SSSR count). The minimum absolute atomic E-state index is 0.0349. The summed E-state index contributed by atoms with van der Waals surface area (Å²) in [6.07, 6.45) is 0.226. The van der Waals surface area contributed by atoms with Crippen LogP contribution in [0.2, 0.25) is 0 Å². The van der Waals surface area contributed by atoms with E-state index < -0.39 is 10.0 Å². The van der Waals surface area contributed by atoms with Crippen molar-refractivity contribution < 1.29 is 17.9 Å². The van der Waals surface area contributed by atoms with Crippen LogP contribution in [0.3, 0.4) is 0 Å². The number of sulfonamides is 1. The Morgan fingerprint density at radius 2 is 1.96 bits per heavy atom. The van der Waals surface area contributed by atoms with E-state index in [1.54, 1.807) is 24.3 Å². The first-order valence-electron chi connectivity index (χ1n) is 7.39. The molecule has 3 N–H and O–H groups in total. The number of hydrogen-bond acceptors (Lipinski definition) is 5. The fourth-order valence-corrected chi connectivity index (χ4v) is 3.59. The highest BCUT2D eigenvalue weighted by molar-refractivity contribution is 7.89. The number of carbonyl (C=O) groups excluding carboxylic acids is 1. The van der Waals surface area contributed by atoms with Crippen LogP contribution < -0.4 is 11.1 Å². The highest BCUT2D eigenvalue weighted by Crippen LogP contribution is 2.17. The molecule has 0 aliphatic carbocycles. The van der Waals surface area contributed by atoms with Crippen LogP contribution in [-0.4, -0.2) is 57.7 Å². The van der Waals surface area contributed by atoms with E-state index in [-0.39, 0.29) is 30.0 Å². The van der Waals surface area contributed by atoms with Crippen LogP contribution in [0, 0.1) is 5.92 Å². The molecule has 0 radical (unpaired) electrons. The molecule has 23 heavy (non-hydrogen) atoms. The molecule has 1 fully saturated rings. The molecule has 1 aliphatic rings. The quantitative estimate of drug-likeness (QED) is 0.700. The smallest absolute Gasteiger partial charge is 0.224 e. The van der Waals surface area contributed by atoms with Gasteiger partial charge in [0.2, 0.25) is 15.9 Å². The highest BCUT2D eigenvalue weighted by atomic mass is 32.2. The molecule has 128 valence electrons. The minimum Gasteiger partial charge on any atom is -0.399 e. The monoisotopic (exact) mass is 341 g/mol. The molecule has 0 spiro atoms. The second kappa shape index (κ2) is 7.29. The van der Waals surface area contributed by atoms with Gasteiger partial charge in [-0.25, -0.2) is 12.7 Å². The summed E-state index contributed by atoms with van der Waals surface area (Å²) in [5, 5.41) is 2.88. The van der Waals surface area contributed by atoms with Crippen LogP contribution in [0.4, 0.5) is 5.69 Å². The standard InChI is InChI=1S/C15H23N3O4S/c1-18(2)23(20,21)10-12-8-22-9-14(12)17-15(19)7-11-3-5-13(16)6-4-11/h3-6,12,14H,7-10,16H2,1-2H3,(H,17,19)/t12-,14+/m0/s1. The Hall–Kier alpha value is -1.64. The van der Waals surface area contributed by atoms with Crippen molar-refractivity contribution in [1.29, 1.82) is 0 Å². The number of nitrogens with one attached hydrogen (secondary N) is 1. The molecule has 1 aliphatic heterocycles. The molecular weight excluding hydrogens is 318 g/mol. The fourth-order valence-electron chi connectivity index (χ4n) is 2.42. The zero-order chi connectivity index (χ0) is 17.0. The van der Waals surface area contributed by atoms with Crippen molar-refractivity contribution in [2.75, 3.05) is 38.8 Å². The van der Waals surface area contributed by atoms with Gasteiger partial charge in [0.15, 0.2) is 0 Å². The lowest BCUT2D eigenvalue weighted by Crippen LogP contribution is -2.44. The average Bonchev–Trinajstić information content (AvgIpc) is 2.87. The number of anilines is 1. The molecule has 1 heterocycles. The summed E-state index contributed by atoms with van der Waals surface area (Å²) in [4.78, 5) is 12.1. The summed E-state index contributed by atoms with van der Waals surface area (Å²) >= 11 is 0. The van der Waals surface area contributed by atoms with Crippen LogP contribution in [0.25, 0.3) is 0 Å². The van der Waals surface area contributed by atoms with Crippen molar-refractivity contribution >= 4 is 21.6 Å². The molecule has 1 amide bonds. The maximum Gasteiger partial charge on any atom is 0.224 e. The van der Waals surface area contributed by atoms with Crippen LogP contribution in [0.1, 0.15) is 5.56 Å². The van der Waals surface area contributed by atoms with Crippen LogP contribution in [-0.2, 0) is 26.0 Å². The van der Waals surface area contributed by atoms with Gasteiger partial charge in [0, 0.05) is 25.7 Å². The largest absolute Gasteiger partial charge is 0.399 e. The summed E-state index contributed by atoms with van der Waals surface area (Å²) < 4.78 is 30.5. The van der Waals surface area contributed by atoms with Gasteiger partial charge in [0.05, 0.1) is 31.4 Å². The number of nitrogen functional groups attached to an aromatic ring is 1. The molecule has 0 aromatic heterocycles. The van der Waals surface area contributed by atoms with Gasteiger partial charge in [-0.3, -0.25) is 4.79 Å². The Labute approximate surface area is 136 Å². The number of rotatable bonds is 6. The normalized spacial score (nSPS) is 21.5. The van der Waals surface area contributed by atoms with Gasteiger partial charge in [-0.05, 0) is 17.7 Å². The third-order valence-electron chi connectivity index (χ3n) is 3.87. The van der Waals surface area contributed by atoms with Crippen LogP contribution >= 0.6 is 0 Å². The second-order valence-electron chi connectivity index (χ2n) is 5.95. The van der Waals surface area contributed by atoms with E-state index in [4.69, 9.17) is 10.5 Å². The van der Waals surface area contributed by atoms with E-state index in [1.165, 1.54) is 18.4 Å². The average molecular weight is 341 g/mol. The van der Waals surface area contributed by atoms with E-state index >= 15 is 0 Å². The minimum atomic E-state index is -3.33. The summed E-state index contributed by atoms with van der Waals surface area (Å²) in [6, 6.07) is 6.80. The third-order valence-corrected chi connectivity index (χ3v) is 5.83. The molecule has 1 aromatic carbocycles. The molecule has 1 saturated heterocycles. The van der Waals surface area contributed by atoms with Crippen molar-refractivity contribution in [2.45, 2.75) is 12.5 Å². The van der Waals surface area contributed by atoms with Gasteiger partial charge in [0.1, 0.15) is 0 Å². The topological polar surface area (TPSA) is 102 Å². The van der Waals surface area contributed by atoms with Gasteiger partial charge < -0.3 is 15.8 Å². The number of ether oxygens (including phenoxy) is 1. The first-order chi connectivity index (χ1) is 10.8. The lowest BCUT2D eigenvalue weighted by molar-refractivity contribution is -0.121. The Kier molecular flexibility index (Phi) is 5.61. The van der Waals surface area contributed by atoms with E-state index in [1.807, 2.05) is 0 Å². The molecule has 8 heteroatoms. The molecule has 1 aromatic rings. The van der Waals surface area contributed by atoms with Gasteiger partial charge in [0.25, 0.3) is 0 Å². The third kappa shape index (κ3) is 4.92. The second-order valence-corrected chi connectivity index (χ2v) is 8.18. The Morgan fingerprint density at radius 1 is 1.30 bits per heavy atom. The van der Waals surface area contributed by atoms with Crippen LogP contribution in [0.5, 0.6) is 0 Å².